The number of hydrogen-bond donors (Lipinski definition) is 2. The molecule has 6 heterocycles. The quantitative estimate of drug-likeness (QED) is 0.213. The molecule has 7 rings (SSSR count). The van der Waals surface area contributed by atoms with Gasteiger partial charge in [0.25, 0.3) is 5.91 Å². The number of cyclic esters (lactones) is 1. The molecule has 2 aromatic heterocycles. The van der Waals surface area contributed by atoms with Crippen LogP contribution in [0.3, 0.4) is 0 Å². The van der Waals surface area contributed by atoms with Gasteiger partial charge in [0, 0.05) is 81.5 Å². The molecule has 7 atom stereocenters. The number of amides is 4. The summed E-state index contributed by atoms with van der Waals surface area (Å²) in [6.45, 7) is 19.4. The Bertz CT molecular complexity index is 2250. The fourth-order valence-electron chi connectivity index (χ4n) is 10.4. The molecule has 15 nitrogen and oxygen atoms in total. The molecular weight excluding hydrogens is 813 g/mol. The molecule has 15 heteroatoms. The van der Waals surface area contributed by atoms with Crippen molar-refractivity contribution >= 4 is 40.5 Å². The number of carbonyl (C=O) groups is 5. The number of fused-ring (bicyclic) bond motifs is 6. The maximum atomic E-state index is 14.6. The van der Waals surface area contributed by atoms with Crippen molar-refractivity contribution in [2.45, 2.75) is 110 Å². The molecule has 3 fully saturated rings. The monoisotopic (exact) mass is 881 g/mol. The van der Waals surface area contributed by atoms with Gasteiger partial charge in [-0.05, 0) is 106 Å². The average molecular weight is 881 g/mol. The van der Waals surface area contributed by atoms with E-state index in [4.69, 9.17) is 14.5 Å². The van der Waals surface area contributed by atoms with Gasteiger partial charge in [-0.1, -0.05) is 40.3 Å². The van der Waals surface area contributed by atoms with Crippen molar-refractivity contribution in [2.24, 2.45) is 17.3 Å². The lowest BCUT2D eigenvalue weighted by Gasteiger charge is -2.37. The largest absolute Gasteiger partial charge is 0.464 e. The third kappa shape index (κ3) is 9.62. The zero-order chi connectivity index (χ0) is 46.0. The first kappa shape index (κ1) is 46.9. The Kier molecular flexibility index (Phi) is 14.3. The number of pyridine rings is 1. The number of nitrogens with zero attached hydrogens (tertiary/aromatic N) is 6. The summed E-state index contributed by atoms with van der Waals surface area (Å²) in [6.07, 6.45) is 5.87. The number of esters is 1. The number of carbonyl (C=O) groups excluding carboxylic acids is 5. The summed E-state index contributed by atoms with van der Waals surface area (Å²) in [7, 11) is 3.32. The zero-order valence-corrected chi connectivity index (χ0v) is 39.0. The summed E-state index contributed by atoms with van der Waals surface area (Å²) in [6, 6.07) is 8.28. The molecule has 346 valence electrons. The Morgan fingerprint density at radius 1 is 1.08 bits per heavy atom. The van der Waals surface area contributed by atoms with Crippen LogP contribution in [0.25, 0.3) is 22.2 Å². The van der Waals surface area contributed by atoms with Crippen molar-refractivity contribution in [1.82, 2.24) is 40.0 Å². The number of benzene rings is 1. The molecule has 3 saturated heterocycles. The van der Waals surface area contributed by atoms with Gasteiger partial charge in [0.15, 0.2) is 0 Å². The first-order chi connectivity index (χ1) is 30.5. The summed E-state index contributed by atoms with van der Waals surface area (Å²) < 4.78 is 14.3. The standard InChI is InChI=1S/C49H68N8O7/c1-10-41(58)55-23-19-34(27-55)46(60)53(8)43(30(3)4)45(59)51-39-28-54-22-18-33(26-54)32-16-17-40-36(24-32)37(44(56(40)11-2)35-14-12-20-50-42(35)31(5)63-9)25-49(6,7)29-64-48(62)38-15-13-21-57(52-38)47(39)61/h10,12,14,16-17,20,24,30-31,33-34,38-39,43,52H,1,11,13,15,18-19,21-23,25-29H2,2-9H3,(H,51,59)/t31-,33+,34?,38-,39-,43-/m0/s1. The van der Waals surface area contributed by atoms with Crippen LogP contribution in [0.2, 0.25) is 0 Å². The van der Waals surface area contributed by atoms with Crippen LogP contribution in [-0.4, -0.2) is 137 Å². The van der Waals surface area contributed by atoms with Crippen molar-refractivity contribution in [1.29, 1.82) is 0 Å². The van der Waals surface area contributed by atoms with Crippen molar-refractivity contribution in [2.75, 3.05) is 60.0 Å². The fraction of sp³-hybridized carbons (Fsp3) is 0.592. The first-order valence-electron chi connectivity index (χ1n) is 23.1. The topological polar surface area (TPSA) is 159 Å². The Morgan fingerprint density at radius 3 is 2.58 bits per heavy atom. The maximum absolute atomic E-state index is 14.6. The second kappa shape index (κ2) is 19.5. The number of hydrogen-bond acceptors (Lipinski definition) is 10. The van der Waals surface area contributed by atoms with Crippen LogP contribution in [0.4, 0.5) is 0 Å². The smallest absolute Gasteiger partial charge is 0.324 e. The molecule has 4 aliphatic rings. The van der Waals surface area contributed by atoms with E-state index >= 15 is 0 Å². The molecule has 1 aromatic carbocycles. The molecule has 6 bridgehead atoms. The predicted molar refractivity (Wildman–Crippen MR) is 245 cm³/mol. The molecule has 2 N–H and O–H groups in total. The number of rotatable bonds is 10. The molecular formula is C49H68N8O7. The number of methoxy groups -OCH3 is 1. The van der Waals surface area contributed by atoms with Crippen molar-refractivity contribution in [3.8, 4) is 11.3 Å². The second-order valence-electron chi connectivity index (χ2n) is 19.3. The van der Waals surface area contributed by atoms with E-state index in [2.05, 4.69) is 71.8 Å². The highest BCUT2D eigenvalue weighted by Gasteiger charge is 2.41. The summed E-state index contributed by atoms with van der Waals surface area (Å²) in [5.41, 5.74) is 9.15. The van der Waals surface area contributed by atoms with Crippen LogP contribution in [0.15, 0.2) is 49.2 Å². The van der Waals surface area contributed by atoms with Gasteiger partial charge < -0.3 is 34.1 Å². The molecule has 0 radical (unpaired) electrons. The van der Waals surface area contributed by atoms with Gasteiger partial charge in [-0.2, -0.15) is 0 Å². The fourth-order valence-corrected chi connectivity index (χ4v) is 10.4. The second-order valence-corrected chi connectivity index (χ2v) is 19.3. The number of aromatic nitrogens is 2. The average Bonchev–Trinajstić information content (AvgIpc) is 4.05. The summed E-state index contributed by atoms with van der Waals surface area (Å²) in [5, 5.41) is 5.71. The normalized spacial score (nSPS) is 24.9. The van der Waals surface area contributed by atoms with Gasteiger partial charge in [0.2, 0.25) is 17.7 Å². The highest BCUT2D eigenvalue weighted by atomic mass is 16.5. The third-order valence-corrected chi connectivity index (χ3v) is 13.8. The highest BCUT2D eigenvalue weighted by molar-refractivity contribution is 5.95. The molecule has 3 aromatic rings. The molecule has 0 aliphatic carbocycles. The van der Waals surface area contributed by atoms with Gasteiger partial charge in [-0.15, -0.1) is 0 Å². The predicted octanol–water partition coefficient (Wildman–Crippen LogP) is 4.84. The van der Waals surface area contributed by atoms with Gasteiger partial charge >= 0.3 is 5.97 Å². The molecule has 0 saturated carbocycles. The number of hydrazine groups is 1. The maximum Gasteiger partial charge on any atom is 0.324 e. The van der Waals surface area contributed by atoms with E-state index in [1.165, 1.54) is 27.1 Å². The van der Waals surface area contributed by atoms with Crippen LogP contribution in [0.1, 0.15) is 96.1 Å². The van der Waals surface area contributed by atoms with Crippen LogP contribution >= 0.6 is 0 Å². The van der Waals surface area contributed by atoms with Crippen molar-refractivity contribution in [3.05, 3.63) is 66.0 Å². The summed E-state index contributed by atoms with van der Waals surface area (Å²) in [4.78, 5) is 79.3. The Labute approximate surface area is 377 Å². The van der Waals surface area contributed by atoms with Crippen LogP contribution in [0.5, 0.6) is 0 Å². The van der Waals surface area contributed by atoms with E-state index in [0.717, 1.165) is 40.8 Å². The number of nitrogens with one attached hydrogen (secondary N) is 2. The van der Waals surface area contributed by atoms with E-state index in [-0.39, 0.29) is 55.4 Å². The van der Waals surface area contributed by atoms with Crippen molar-refractivity contribution in [3.63, 3.8) is 0 Å². The number of ether oxygens (including phenoxy) is 2. The van der Waals surface area contributed by atoms with Gasteiger partial charge in [0.1, 0.15) is 18.1 Å². The lowest BCUT2D eigenvalue weighted by Crippen LogP contribution is -2.63. The minimum absolute atomic E-state index is 0.160. The Hall–Kier alpha value is -5.12. The third-order valence-electron chi connectivity index (χ3n) is 13.8. The summed E-state index contributed by atoms with van der Waals surface area (Å²) >= 11 is 0. The van der Waals surface area contributed by atoms with E-state index < -0.39 is 41.3 Å². The summed E-state index contributed by atoms with van der Waals surface area (Å²) in [5.74, 6) is -2.21. The molecule has 0 spiro atoms. The van der Waals surface area contributed by atoms with Crippen molar-refractivity contribution < 1.29 is 33.4 Å². The first-order valence-corrected chi connectivity index (χ1v) is 23.1. The zero-order valence-electron chi connectivity index (χ0n) is 39.0. The molecule has 64 heavy (non-hydrogen) atoms. The van der Waals surface area contributed by atoms with E-state index in [1.807, 2.05) is 33.0 Å². The number of likely N-dealkylation sites (N-methyl/N-ethyl adjacent to an activating group) is 1. The molecule has 2 unspecified atom stereocenters. The number of aryl methyl sites for hydroxylation is 1. The lowest BCUT2D eigenvalue weighted by atomic mass is 9.84. The van der Waals surface area contributed by atoms with Gasteiger partial charge in [0.05, 0.1) is 30.0 Å². The highest BCUT2D eigenvalue weighted by Crippen LogP contribution is 2.42. The molecule has 4 aliphatic heterocycles. The minimum atomic E-state index is -0.971. The Morgan fingerprint density at radius 2 is 1.86 bits per heavy atom. The SMILES string of the molecule is C=CC(=O)N1CCC(C(=O)N(C)[C@H](C(=O)N[C@H]2CN3CC[C@H](C3)c3ccc4c(c3)c(c(-c3cccnc3[C@H](C)OC)n4CC)CC(C)(C)COC(=O)[C@@H]3CCCN(N3)C2=O)C(C)C)C1. The van der Waals surface area contributed by atoms with Gasteiger partial charge in [-0.3, -0.25) is 34.0 Å². The van der Waals surface area contributed by atoms with E-state index in [0.29, 0.717) is 51.9 Å². The lowest BCUT2D eigenvalue weighted by molar-refractivity contribution is -0.155. The van der Waals surface area contributed by atoms with Crippen LogP contribution < -0.4 is 10.7 Å². The van der Waals surface area contributed by atoms with Gasteiger partial charge in [-0.25, -0.2) is 5.43 Å². The molecule has 4 amide bonds. The van der Waals surface area contributed by atoms with Crippen LogP contribution in [0, 0.1) is 17.3 Å². The van der Waals surface area contributed by atoms with E-state index in [1.54, 1.807) is 19.1 Å². The number of likely N-dealkylation sites (tertiary alicyclic amines) is 1. The van der Waals surface area contributed by atoms with Crippen LogP contribution in [-0.2, 0) is 46.4 Å². The van der Waals surface area contributed by atoms with E-state index in [9.17, 15) is 24.0 Å². The Balaban J connectivity index is 1.23. The minimum Gasteiger partial charge on any atom is -0.464 e.